The van der Waals surface area contributed by atoms with Gasteiger partial charge in [-0.25, -0.2) is 0 Å². The molecule has 5 nitrogen and oxygen atoms in total. The first-order chi connectivity index (χ1) is 7.25. The van der Waals surface area contributed by atoms with E-state index in [4.69, 9.17) is 17.0 Å². The number of amides is 1. The number of carbonyl (C=O) groups is 1. The summed E-state index contributed by atoms with van der Waals surface area (Å²) in [4.78, 5) is 13.8. The number of hydrogen-bond acceptors (Lipinski definition) is 4. The zero-order valence-corrected chi connectivity index (χ0v) is 9.31. The number of thiocarbonyl (C=S) groups is 1. The Morgan fingerprint density at radius 1 is 1.47 bits per heavy atom. The Hall–Kier alpha value is -0.720. The van der Waals surface area contributed by atoms with E-state index < -0.39 is 0 Å². The van der Waals surface area contributed by atoms with Crippen molar-refractivity contribution >= 4 is 23.2 Å². The quantitative estimate of drug-likeness (QED) is 0.591. The van der Waals surface area contributed by atoms with Gasteiger partial charge in [0.25, 0.3) is 0 Å². The van der Waals surface area contributed by atoms with Crippen LogP contribution in [-0.2, 0) is 9.53 Å². The second-order valence-corrected chi connectivity index (χ2v) is 4.22. The summed E-state index contributed by atoms with van der Waals surface area (Å²) in [5, 5.41) is 6.08. The van der Waals surface area contributed by atoms with Crippen molar-refractivity contribution in [3.63, 3.8) is 0 Å². The highest BCUT2D eigenvalue weighted by atomic mass is 32.1. The molecule has 0 saturated carbocycles. The van der Waals surface area contributed by atoms with Crippen molar-refractivity contribution in [2.45, 2.75) is 0 Å². The van der Waals surface area contributed by atoms with Crippen molar-refractivity contribution in [1.82, 2.24) is 15.5 Å². The lowest BCUT2D eigenvalue weighted by Gasteiger charge is -2.32. The van der Waals surface area contributed by atoms with Crippen molar-refractivity contribution in [3.05, 3.63) is 0 Å². The third kappa shape index (κ3) is 2.87. The molecule has 2 fully saturated rings. The monoisotopic (exact) mass is 229 g/mol. The number of rotatable bonds is 2. The van der Waals surface area contributed by atoms with Gasteiger partial charge in [0.1, 0.15) is 0 Å². The van der Waals surface area contributed by atoms with E-state index in [1.807, 2.05) is 0 Å². The van der Waals surface area contributed by atoms with Crippen LogP contribution >= 0.6 is 12.2 Å². The Bertz CT molecular complexity index is 266. The van der Waals surface area contributed by atoms with Crippen molar-refractivity contribution < 1.29 is 9.53 Å². The Balaban J connectivity index is 1.82. The second kappa shape index (κ2) is 4.87. The van der Waals surface area contributed by atoms with E-state index in [2.05, 4.69) is 15.5 Å². The number of morpholine rings is 1. The topological polar surface area (TPSA) is 53.6 Å². The zero-order valence-electron chi connectivity index (χ0n) is 8.49. The standard InChI is InChI=1S/C9H15N3O2S/c13-8-7(5-10-9(15)11-8)6-12-1-3-14-4-2-12/h7H,1-6H2,(H2,10,11,13,15). The average Bonchev–Trinajstić information content (AvgIpc) is 2.24. The van der Waals surface area contributed by atoms with Crippen molar-refractivity contribution in [2.24, 2.45) is 5.92 Å². The van der Waals surface area contributed by atoms with Crippen LogP contribution in [0.1, 0.15) is 0 Å². The fourth-order valence-corrected chi connectivity index (χ4v) is 1.99. The average molecular weight is 229 g/mol. The maximum absolute atomic E-state index is 11.6. The number of hydrogen-bond donors (Lipinski definition) is 2. The highest BCUT2D eigenvalue weighted by molar-refractivity contribution is 7.80. The van der Waals surface area contributed by atoms with Crippen LogP contribution in [0.4, 0.5) is 0 Å². The molecule has 0 radical (unpaired) electrons. The lowest BCUT2D eigenvalue weighted by molar-refractivity contribution is -0.125. The highest BCUT2D eigenvalue weighted by Crippen LogP contribution is 2.06. The van der Waals surface area contributed by atoms with Gasteiger partial charge in [0, 0.05) is 26.2 Å². The number of nitrogens with one attached hydrogen (secondary N) is 2. The van der Waals surface area contributed by atoms with E-state index in [0.29, 0.717) is 11.7 Å². The third-order valence-electron chi connectivity index (χ3n) is 2.70. The first-order valence-electron chi connectivity index (χ1n) is 5.14. The summed E-state index contributed by atoms with van der Waals surface area (Å²) in [6.45, 7) is 4.77. The van der Waals surface area contributed by atoms with Crippen LogP contribution < -0.4 is 10.6 Å². The molecule has 0 aliphatic carbocycles. The summed E-state index contributed by atoms with van der Waals surface area (Å²) < 4.78 is 5.25. The van der Waals surface area contributed by atoms with Crippen LogP contribution in [0.3, 0.4) is 0 Å². The smallest absolute Gasteiger partial charge is 0.232 e. The van der Waals surface area contributed by atoms with Gasteiger partial charge in [-0.15, -0.1) is 0 Å². The van der Waals surface area contributed by atoms with Gasteiger partial charge in [-0.3, -0.25) is 9.69 Å². The molecule has 6 heteroatoms. The van der Waals surface area contributed by atoms with Crippen LogP contribution in [0.15, 0.2) is 0 Å². The number of carbonyl (C=O) groups excluding carboxylic acids is 1. The zero-order chi connectivity index (χ0) is 10.7. The summed E-state index contributed by atoms with van der Waals surface area (Å²) in [6, 6.07) is 0. The molecule has 0 aromatic heterocycles. The Morgan fingerprint density at radius 2 is 2.20 bits per heavy atom. The van der Waals surface area contributed by atoms with Gasteiger partial charge in [0.15, 0.2) is 5.11 Å². The van der Waals surface area contributed by atoms with Gasteiger partial charge < -0.3 is 15.4 Å². The van der Waals surface area contributed by atoms with Crippen LogP contribution in [-0.4, -0.2) is 55.3 Å². The van der Waals surface area contributed by atoms with E-state index in [9.17, 15) is 4.79 Å². The van der Waals surface area contributed by atoms with Crippen LogP contribution in [0.2, 0.25) is 0 Å². The number of nitrogens with zero attached hydrogens (tertiary/aromatic N) is 1. The molecular weight excluding hydrogens is 214 g/mol. The molecule has 1 atom stereocenters. The lowest BCUT2D eigenvalue weighted by Crippen LogP contribution is -2.55. The van der Waals surface area contributed by atoms with Crippen LogP contribution in [0.25, 0.3) is 0 Å². The minimum Gasteiger partial charge on any atom is -0.379 e. The third-order valence-corrected chi connectivity index (χ3v) is 2.95. The fourth-order valence-electron chi connectivity index (χ4n) is 1.81. The lowest BCUT2D eigenvalue weighted by atomic mass is 10.1. The summed E-state index contributed by atoms with van der Waals surface area (Å²) in [5.74, 6) is 0.0278. The van der Waals surface area contributed by atoms with Gasteiger partial charge in [0.2, 0.25) is 5.91 Å². The molecule has 0 bridgehead atoms. The van der Waals surface area contributed by atoms with Crippen LogP contribution in [0, 0.1) is 5.92 Å². The SMILES string of the molecule is O=C1NC(=S)NCC1CN1CCOCC1. The molecule has 1 amide bonds. The Morgan fingerprint density at radius 3 is 2.87 bits per heavy atom. The first-order valence-corrected chi connectivity index (χ1v) is 5.55. The summed E-state index contributed by atoms with van der Waals surface area (Å²) in [6.07, 6.45) is 0. The maximum Gasteiger partial charge on any atom is 0.232 e. The maximum atomic E-state index is 11.6. The summed E-state index contributed by atoms with van der Waals surface area (Å²) >= 11 is 4.86. The first kappa shape index (κ1) is 10.8. The molecule has 1 unspecified atom stereocenters. The van der Waals surface area contributed by atoms with Gasteiger partial charge in [-0.05, 0) is 12.2 Å². The molecule has 2 aliphatic heterocycles. The minimum absolute atomic E-state index is 0.00481. The summed E-state index contributed by atoms with van der Waals surface area (Å²) in [7, 11) is 0. The summed E-state index contributed by atoms with van der Waals surface area (Å²) in [5.41, 5.74) is 0. The normalized spacial score (nSPS) is 28.4. The van der Waals surface area contributed by atoms with E-state index >= 15 is 0 Å². The molecule has 2 saturated heterocycles. The molecule has 0 spiro atoms. The number of ether oxygens (including phenoxy) is 1. The van der Waals surface area contributed by atoms with E-state index in [-0.39, 0.29) is 11.8 Å². The van der Waals surface area contributed by atoms with Gasteiger partial charge in [-0.2, -0.15) is 0 Å². The van der Waals surface area contributed by atoms with E-state index in [0.717, 1.165) is 32.8 Å². The Labute approximate surface area is 94.1 Å². The molecule has 2 N–H and O–H groups in total. The highest BCUT2D eigenvalue weighted by Gasteiger charge is 2.26. The largest absolute Gasteiger partial charge is 0.379 e. The van der Waals surface area contributed by atoms with Crippen molar-refractivity contribution in [3.8, 4) is 0 Å². The van der Waals surface area contributed by atoms with Crippen molar-refractivity contribution in [1.29, 1.82) is 0 Å². The molecule has 2 heterocycles. The molecular formula is C9H15N3O2S. The van der Waals surface area contributed by atoms with E-state index in [1.165, 1.54) is 0 Å². The molecule has 0 aromatic carbocycles. The molecule has 84 valence electrons. The fraction of sp³-hybridized carbons (Fsp3) is 0.778. The molecule has 2 aliphatic rings. The van der Waals surface area contributed by atoms with Crippen molar-refractivity contribution in [2.75, 3.05) is 39.4 Å². The predicted molar refractivity (Wildman–Crippen MR) is 59.5 cm³/mol. The second-order valence-electron chi connectivity index (χ2n) is 3.81. The van der Waals surface area contributed by atoms with Gasteiger partial charge in [-0.1, -0.05) is 0 Å². The van der Waals surface area contributed by atoms with Gasteiger partial charge >= 0.3 is 0 Å². The molecule has 15 heavy (non-hydrogen) atoms. The predicted octanol–water partition coefficient (Wildman–Crippen LogP) is -1.06. The molecule has 0 aromatic rings. The Kier molecular flexibility index (Phi) is 3.50. The molecule has 2 rings (SSSR count). The van der Waals surface area contributed by atoms with Crippen LogP contribution in [0.5, 0.6) is 0 Å². The minimum atomic E-state index is -0.00481. The van der Waals surface area contributed by atoms with E-state index in [1.54, 1.807) is 0 Å². The van der Waals surface area contributed by atoms with Gasteiger partial charge in [0.05, 0.1) is 19.1 Å².